The molecule has 1 atom stereocenters. The molecule has 0 radical (unpaired) electrons. The first kappa shape index (κ1) is 14.1. The minimum Gasteiger partial charge on any atom is -0.338 e. The fourth-order valence-electron chi connectivity index (χ4n) is 2.27. The summed E-state index contributed by atoms with van der Waals surface area (Å²) in [5, 5.41) is 0.751. The maximum atomic E-state index is 5.98. The van der Waals surface area contributed by atoms with Gasteiger partial charge in [-0.3, -0.25) is 11.3 Å². The first-order chi connectivity index (χ1) is 9.11. The van der Waals surface area contributed by atoms with Gasteiger partial charge in [-0.15, -0.1) is 0 Å². The van der Waals surface area contributed by atoms with E-state index in [-0.39, 0.29) is 6.04 Å². The minimum atomic E-state index is 0.106. The summed E-state index contributed by atoms with van der Waals surface area (Å²) in [5.74, 6) is 6.74. The third-order valence-corrected chi connectivity index (χ3v) is 3.62. The molecule has 19 heavy (non-hydrogen) atoms. The second-order valence-corrected chi connectivity index (χ2v) is 5.15. The van der Waals surface area contributed by atoms with E-state index in [0.717, 1.165) is 29.3 Å². The van der Waals surface area contributed by atoms with Crippen LogP contribution in [0.5, 0.6) is 0 Å². The SMILES string of the molecule is Cc1cc(Cl)ccc1C(CCc1nccn1C)NN. The Morgan fingerprint density at radius 2 is 2.26 bits per heavy atom. The Morgan fingerprint density at radius 1 is 1.47 bits per heavy atom. The van der Waals surface area contributed by atoms with E-state index in [4.69, 9.17) is 17.4 Å². The largest absolute Gasteiger partial charge is 0.338 e. The first-order valence-corrected chi connectivity index (χ1v) is 6.68. The summed E-state index contributed by atoms with van der Waals surface area (Å²) in [7, 11) is 2.00. The van der Waals surface area contributed by atoms with Crippen LogP contribution < -0.4 is 11.3 Å². The van der Waals surface area contributed by atoms with Crippen LogP contribution in [0, 0.1) is 6.92 Å². The standard InChI is InChI=1S/C14H19ClN4/c1-10-9-11(15)3-4-12(10)13(18-16)5-6-14-17-7-8-19(14)2/h3-4,7-9,13,18H,5-6,16H2,1-2H3. The maximum absolute atomic E-state index is 5.98. The molecule has 0 fully saturated rings. The van der Waals surface area contributed by atoms with Crippen molar-refractivity contribution in [3.05, 3.63) is 52.6 Å². The Labute approximate surface area is 118 Å². The van der Waals surface area contributed by atoms with Gasteiger partial charge in [0.25, 0.3) is 0 Å². The van der Waals surface area contributed by atoms with Crippen molar-refractivity contribution < 1.29 is 0 Å². The zero-order valence-corrected chi connectivity index (χ0v) is 12.0. The van der Waals surface area contributed by atoms with Crippen molar-refractivity contribution >= 4 is 11.6 Å². The Balaban J connectivity index is 2.10. The molecule has 0 saturated carbocycles. The second-order valence-electron chi connectivity index (χ2n) is 4.71. The van der Waals surface area contributed by atoms with E-state index in [1.807, 2.05) is 49.1 Å². The fraction of sp³-hybridized carbons (Fsp3) is 0.357. The first-order valence-electron chi connectivity index (χ1n) is 6.30. The molecule has 0 bridgehead atoms. The van der Waals surface area contributed by atoms with Crippen LogP contribution in [0.15, 0.2) is 30.6 Å². The number of benzene rings is 1. The number of nitrogens with zero attached hydrogens (tertiary/aromatic N) is 2. The third kappa shape index (κ3) is 3.35. The number of hydrogen-bond acceptors (Lipinski definition) is 3. The highest BCUT2D eigenvalue weighted by atomic mass is 35.5. The molecule has 1 aromatic carbocycles. The molecular weight excluding hydrogens is 260 g/mol. The van der Waals surface area contributed by atoms with Crippen molar-refractivity contribution in [2.75, 3.05) is 0 Å². The normalized spacial score (nSPS) is 12.6. The van der Waals surface area contributed by atoms with Crippen molar-refractivity contribution in [2.45, 2.75) is 25.8 Å². The Bertz CT molecular complexity index is 550. The number of aryl methyl sites for hydroxylation is 3. The molecule has 0 amide bonds. The van der Waals surface area contributed by atoms with Gasteiger partial charge >= 0.3 is 0 Å². The zero-order valence-electron chi connectivity index (χ0n) is 11.2. The molecule has 1 unspecified atom stereocenters. The van der Waals surface area contributed by atoms with Gasteiger partial charge in [-0.1, -0.05) is 17.7 Å². The molecule has 2 aromatic rings. The van der Waals surface area contributed by atoms with E-state index in [9.17, 15) is 0 Å². The van der Waals surface area contributed by atoms with Crippen LogP contribution >= 0.6 is 11.6 Å². The topological polar surface area (TPSA) is 55.9 Å². The van der Waals surface area contributed by atoms with Crippen LogP contribution in [0.4, 0.5) is 0 Å². The molecule has 0 aliphatic rings. The molecule has 0 aliphatic carbocycles. The van der Waals surface area contributed by atoms with E-state index in [0.29, 0.717) is 0 Å². The molecule has 0 spiro atoms. The lowest BCUT2D eigenvalue weighted by Gasteiger charge is -2.18. The molecule has 3 N–H and O–H groups in total. The van der Waals surface area contributed by atoms with E-state index in [1.54, 1.807) is 0 Å². The van der Waals surface area contributed by atoms with Gasteiger partial charge in [0, 0.05) is 36.9 Å². The van der Waals surface area contributed by atoms with Crippen LogP contribution in [-0.2, 0) is 13.5 Å². The summed E-state index contributed by atoms with van der Waals surface area (Å²) < 4.78 is 2.03. The molecule has 0 aliphatic heterocycles. The molecule has 1 aromatic heterocycles. The lowest BCUT2D eigenvalue weighted by Crippen LogP contribution is -2.29. The van der Waals surface area contributed by atoms with Crippen LogP contribution in [0.3, 0.4) is 0 Å². The summed E-state index contributed by atoms with van der Waals surface area (Å²) in [6.07, 6.45) is 5.53. The van der Waals surface area contributed by atoms with E-state index in [2.05, 4.69) is 10.4 Å². The summed E-state index contributed by atoms with van der Waals surface area (Å²) in [6, 6.07) is 5.99. The summed E-state index contributed by atoms with van der Waals surface area (Å²) in [5.41, 5.74) is 5.21. The minimum absolute atomic E-state index is 0.106. The van der Waals surface area contributed by atoms with Crippen LogP contribution in [-0.4, -0.2) is 9.55 Å². The quantitative estimate of drug-likeness (QED) is 0.653. The fourth-order valence-corrected chi connectivity index (χ4v) is 2.50. The Morgan fingerprint density at radius 3 is 2.84 bits per heavy atom. The van der Waals surface area contributed by atoms with Crippen molar-refractivity contribution in [1.82, 2.24) is 15.0 Å². The lowest BCUT2D eigenvalue weighted by molar-refractivity contribution is 0.504. The van der Waals surface area contributed by atoms with Gasteiger partial charge in [0.2, 0.25) is 0 Å². The van der Waals surface area contributed by atoms with Gasteiger partial charge in [0.05, 0.1) is 0 Å². The van der Waals surface area contributed by atoms with Crippen LogP contribution in [0.2, 0.25) is 5.02 Å². The highest BCUT2D eigenvalue weighted by molar-refractivity contribution is 6.30. The second kappa shape index (κ2) is 6.19. The molecular formula is C14H19ClN4. The molecule has 1 heterocycles. The average Bonchev–Trinajstić information content (AvgIpc) is 2.78. The molecule has 5 heteroatoms. The maximum Gasteiger partial charge on any atom is 0.108 e. The molecule has 102 valence electrons. The lowest BCUT2D eigenvalue weighted by atomic mass is 9.98. The number of imidazole rings is 1. The number of hydrazine groups is 1. The number of rotatable bonds is 5. The predicted octanol–water partition coefficient (Wildman–Crippen LogP) is 2.52. The third-order valence-electron chi connectivity index (χ3n) is 3.39. The summed E-state index contributed by atoms with van der Waals surface area (Å²) in [6.45, 7) is 2.05. The van der Waals surface area contributed by atoms with E-state index in [1.165, 1.54) is 5.56 Å². The molecule has 4 nitrogen and oxygen atoms in total. The average molecular weight is 279 g/mol. The number of aromatic nitrogens is 2. The summed E-state index contributed by atoms with van der Waals surface area (Å²) >= 11 is 5.98. The summed E-state index contributed by atoms with van der Waals surface area (Å²) in [4.78, 5) is 4.33. The highest BCUT2D eigenvalue weighted by Gasteiger charge is 2.13. The number of hydrogen-bond donors (Lipinski definition) is 2. The molecule has 2 rings (SSSR count). The number of nitrogens with two attached hydrogens (primary N) is 1. The van der Waals surface area contributed by atoms with Gasteiger partial charge in [-0.05, 0) is 36.6 Å². The number of nitrogens with one attached hydrogen (secondary N) is 1. The van der Waals surface area contributed by atoms with E-state index < -0.39 is 0 Å². The van der Waals surface area contributed by atoms with E-state index >= 15 is 0 Å². The van der Waals surface area contributed by atoms with Gasteiger partial charge in [0.15, 0.2) is 0 Å². The smallest absolute Gasteiger partial charge is 0.108 e. The van der Waals surface area contributed by atoms with Crippen LogP contribution in [0.1, 0.15) is 29.4 Å². The Hall–Kier alpha value is -1.36. The van der Waals surface area contributed by atoms with Crippen LogP contribution in [0.25, 0.3) is 0 Å². The molecule has 0 saturated heterocycles. The van der Waals surface area contributed by atoms with Crippen molar-refractivity contribution in [2.24, 2.45) is 12.9 Å². The predicted molar refractivity (Wildman–Crippen MR) is 77.8 cm³/mol. The monoisotopic (exact) mass is 278 g/mol. The van der Waals surface area contributed by atoms with Crippen molar-refractivity contribution in [1.29, 1.82) is 0 Å². The van der Waals surface area contributed by atoms with Gasteiger partial charge in [-0.2, -0.15) is 0 Å². The van der Waals surface area contributed by atoms with Gasteiger partial charge in [0.1, 0.15) is 5.82 Å². The van der Waals surface area contributed by atoms with Crippen molar-refractivity contribution in [3.63, 3.8) is 0 Å². The van der Waals surface area contributed by atoms with Crippen molar-refractivity contribution in [3.8, 4) is 0 Å². The van der Waals surface area contributed by atoms with Gasteiger partial charge in [-0.25, -0.2) is 4.98 Å². The van der Waals surface area contributed by atoms with Gasteiger partial charge < -0.3 is 4.57 Å². The zero-order chi connectivity index (χ0) is 13.8. The Kier molecular flexibility index (Phi) is 4.58. The highest BCUT2D eigenvalue weighted by Crippen LogP contribution is 2.24. The number of halogens is 1.